The molecule has 29 heavy (non-hydrogen) atoms. The number of amides is 1. The van der Waals surface area contributed by atoms with Crippen LogP contribution in [0.15, 0.2) is 29.6 Å². The van der Waals surface area contributed by atoms with Gasteiger partial charge in [-0.3, -0.25) is 4.79 Å². The molecule has 0 radical (unpaired) electrons. The van der Waals surface area contributed by atoms with Gasteiger partial charge in [-0.25, -0.2) is 4.79 Å². The molecule has 6 nitrogen and oxygen atoms in total. The number of carbonyl (C=O) groups is 2. The molecule has 0 saturated carbocycles. The Labute approximate surface area is 179 Å². The first kappa shape index (κ1) is 21.8. The molecule has 2 N–H and O–H groups in total. The molecule has 1 aromatic carbocycles. The second-order valence-corrected chi connectivity index (χ2v) is 8.48. The van der Waals surface area contributed by atoms with E-state index in [-0.39, 0.29) is 24.7 Å². The van der Waals surface area contributed by atoms with Crippen LogP contribution in [0.5, 0.6) is 0 Å². The number of anilines is 1. The third kappa shape index (κ3) is 5.36. The molecule has 8 heteroatoms. The minimum atomic E-state index is -0.472. The van der Waals surface area contributed by atoms with Gasteiger partial charge in [0, 0.05) is 21.5 Å². The Morgan fingerprint density at radius 2 is 1.93 bits per heavy atom. The zero-order valence-electron chi connectivity index (χ0n) is 16.8. The number of rotatable bonds is 6. The molecule has 3 rings (SSSR count). The van der Waals surface area contributed by atoms with Crippen LogP contribution in [0.3, 0.4) is 0 Å². The van der Waals surface area contributed by atoms with Crippen molar-refractivity contribution in [1.29, 1.82) is 0 Å². The van der Waals surface area contributed by atoms with E-state index in [1.165, 1.54) is 11.3 Å². The van der Waals surface area contributed by atoms with Crippen molar-refractivity contribution in [3.8, 4) is 11.1 Å². The number of quaternary nitrogens is 1. The van der Waals surface area contributed by atoms with E-state index in [0.717, 1.165) is 23.6 Å². The summed E-state index contributed by atoms with van der Waals surface area (Å²) in [6, 6.07) is 7.31. The summed E-state index contributed by atoms with van der Waals surface area (Å²) in [4.78, 5) is 26.5. The first-order valence-electron chi connectivity index (χ1n) is 9.71. The molecule has 1 aromatic heterocycles. The van der Waals surface area contributed by atoms with Crippen LogP contribution >= 0.6 is 22.9 Å². The molecule has 1 amide bonds. The number of halogens is 1. The van der Waals surface area contributed by atoms with Crippen molar-refractivity contribution in [3.63, 3.8) is 0 Å². The molecule has 1 aliphatic rings. The van der Waals surface area contributed by atoms with Crippen molar-refractivity contribution in [2.45, 2.75) is 33.0 Å². The van der Waals surface area contributed by atoms with Crippen LogP contribution in [0.1, 0.15) is 31.1 Å². The van der Waals surface area contributed by atoms with Crippen LogP contribution in [-0.4, -0.2) is 50.3 Å². The highest BCUT2D eigenvalue weighted by atomic mass is 35.5. The minimum Gasteiger partial charge on any atom is -0.462 e. The molecule has 2 atom stereocenters. The first-order chi connectivity index (χ1) is 13.9. The first-order valence-corrected chi connectivity index (χ1v) is 11.0. The van der Waals surface area contributed by atoms with Crippen LogP contribution in [0.2, 0.25) is 5.02 Å². The number of carbonyl (C=O) groups excluding carboxylic acids is 2. The Kier molecular flexibility index (Phi) is 7.29. The third-order valence-corrected chi connectivity index (χ3v) is 5.94. The summed E-state index contributed by atoms with van der Waals surface area (Å²) in [6.07, 6.45) is 0.232. The molecule has 1 fully saturated rings. The Morgan fingerprint density at radius 1 is 1.24 bits per heavy atom. The van der Waals surface area contributed by atoms with E-state index in [4.69, 9.17) is 21.1 Å². The van der Waals surface area contributed by atoms with Crippen molar-refractivity contribution < 1.29 is 24.0 Å². The monoisotopic (exact) mass is 437 g/mol. The van der Waals surface area contributed by atoms with E-state index in [2.05, 4.69) is 5.32 Å². The van der Waals surface area contributed by atoms with Gasteiger partial charge in [0.25, 0.3) is 5.91 Å². The lowest BCUT2D eigenvalue weighted by Crippen LogP contribution is -3.16. The Bertz CT molecular complexity index is 875. The maximum absolute atomic E-state index is 12.7. The standard InChI is InChI=1S/C21H25ClN2O4S/c1-4-27-21(26)19-16(15-7-5-6-8-17(15)22)12-29-20(19)23-18(25)11-24-9-13(2)28-14(3)10-24/h5-8,12-14H,4,9-11H2,1-3H3,(H,23,25)/p+1/t13-,14-/m0/s1. The van der Waals surface area contributed by atoms with E-state index >= 15 is 0 Å². The van der Waals surface area contributed by atoms with E-state index in [1.54, 1.807) is 13.0 Å². The summed E-state index contributed by atoms with van der Waals surface area (Å²) in [5.74, 6) is -0.612. The second-order valence-electron chi connectivity index (χ2n) is 7.19. The van der Waals surface area contributed by atoms with Crippen molar-refractivity contribution >= 4 is 39.8 Å². The summed E-state index contributed by atoms with van der Waals surface area (Å²) >= 11 is 7.63. The SMILES string of the molecule is CCOC(=O)c1c(-c2ccccc2Cl)csc1NC(=O)C[NH+]1C[C@H](C)O[C@@H](C)C1. The van der Waals surface area contributed by atoms with Gasteiger partial charge in [0.15, 0.2) is 6.54 Å². The summed E-state index contributed by atoms with van der Waals surface area (Å²) < 4.78 is 11.0. The molecule has 2 heterocycles. The number of thiophene rings is 1. The lowest BCUT2D eigenvalue weighted by atomic mass is 10.0. The van der Waals surface area contributed by atoms with Crippen LogP contribution in [-0.2, 0) is 14.3 Å². The van der Waals surface area contributed by atoms with Crippen LogP contribution in [0.4, 0.5) is 5.00 Å². The molecular weight excluding hydrogens is 412 g/mol. The van der Waals surface area contributed by atoms with E-state index in [9.17, 15) is 9.59 Å². The molecule has 156 valence electrons. The number of morpholine rings is 1. The van der Waals surface area contributed by atoms with Gasteiger partial charge in [-0.2, -0.15) is 0 Å². The van der Waals surface area contributed by atoms with Crippen molar-refractivity contribution in [2.75, 3.05) is 31.6 Å². The summed E-state index contributed by atoms with van der Waals surface area (Å²) in [7, 11) is 0. The lowest BCUT2D eigenvalue weighted by Gasteiger charge is -2.31. The molecule has 1 aliphatic heterocycles. The van der Waals surface area contributed by atoms with Crippen LogP contribution < -0.4 is 10.2 Å². The molecule has 0 spiro atoms. The minimum absolute atomic E-state index is 0.116. The van der Waals surface area contributed by atoms with Crippen LogP contribution in [0, 0.1) is 0 Å². The molecule has 1 saturated heterocycles. The van der Waals surface area contributed by atoms with E-state index in [0.29, 0.717) is 27.7 Å². The summed E-state index contributed by atoms with van der Waals surface area (Å²) in [5.41, 5.74) is 1.74. The Hall–Kier alpha value is -1.93. The molecule has 2 aromatic rings. The fraction of sp³-hybridized carbons (Fsp3) is 0.429. The Balaban J connectivity index is 1.82. The van der Waals surface area contributed by atoms with Crippen molar-refractivity contribution in [1.82, 2.24) is 0 Å². The largest absolute Gasteiger partial charge is 0.462 e. The smallest absolute Gasteiger partial charge is 0.341 e. The number of hydrogen-bond acceptors (Lipinski definition) is 5. The van der Waals surface area contributed by atoms with Gasteiger partial charge in [-0.1, -0.05) is 29.8 Å². The fourth-order valence-corrected chi connectivity index (χ4v) is 4.87. The lowest BCUT2D eigenvalue weighted by molar-refractivity contribution is -0.907. The van der Waals surface area contributed by atoms with Crippen molar-refractivity contribution in [2.24, 2.45) is 0 Å². The maximum Gasteiger partial charge on any atom is 0.341 e. The van der Waals surface area contributed by atoms with Gasteiger partial charge >= 0.3 is 5.97 Å². The average Bonchev–Trinajstić information content (AvgIpc) is 3.04. The molecule has 0 aliphatic carbocycles. The van der Waals surface area contributed by atoms with E-state index < -0.39 is 5.97 Å². The van der Waals surface area contributed by atoms with Gasteiger partial charge in [-0.15, -0.1) is 11.3 Å². The zero-order chi connectivity index (χ0) is 21.0. The van der Waals surface area contributed by atoms with Gasteiger partial charge in [0.2, 0.25) is 0 Å². The van der Waals surface area contributed by atoms with E-state index in [1.807, 2.05) is 37.4 Å². The molecular formula is C21H26ClN2O4S+. The highest BCUT2D eigenvalue weighted by molar-refractivity contribution is 7.15. The average molecular weight is 438 g/mol. The normalized spacial score (nSPS) is 21.6. The number of benzene rings is 1. The van der Waals surface area contributed by atoms with Gasteiger partial charge in [0.05, 0.1) is 6.61 Å². The van der Waals surface area contributed by atoms with Crippen molar-refractivity contribution in [3.05, 3.63) is 40.2 Å². The van der Waals surface area contributed by atoms with Gasteiger partial charge in [0.1, 0.15) is 35.9 Å². The molecule has 0 unspecified atom stereocenters. The second kappa shape index (κ2) is 9.71. The maximum atomic E-state index is 12.7. The number of esters is 1. The summed E-state index contributed by atoms with van der Waals surface area (Å²) in [6.45, 7) is 7.90. The van der Waals surface area contributed by atoms with Gasteiger partial charge < -0.3 is 19.7 Å². The third-order valence-electron chi connectivity index (χ3n) is 4.72. The Morgan fingerprint density at radius 3 is 2.59 bits per heavy atom. The zero-order valence-corrected chi connectivity index (χ0v) is 18.4. The predicted octanol–water partition coefficient (Wildman–Crippen LogP) is 2.88. The summed E-state index contributed by atoms with van der Waals surface area (Å²) in [5, 5.41) is 5.76. The quantitative estimate of drug-likeness (QED) is 0.682. The number of nitrogens with one attached hydrogen (secondary N) is 2. The fourth-order valence-electron chi connectivity index (χ4n) is 3.67. The number of ether oxygens (including phenoxy) is 2. The molecule has 0 bridgehead atoms. The van der Waals surface area contributed by atoms with Gasteiger partial charge in [-0.05, 0) is 26.8 Å². The topological polar surface area (TPSA) is 69.1 Å². The highest BCUT2D eigenvalue weighted by Crippen LogP contribution is 2.39. The predicted molar refractivity (Wildman–Crippen MR) is 115 cm³/mol. The number of hydrogen-bond donors (Lipinski definition) is 2. The van der Waals surface area contributed by atoms with Crippen LogP contribution in [0.25, 0.3) is 11.1 Å². The highest BCUT2D eigenvalue weighted by Gasteiger charge is 2.29.